The SMILES string of the molecule is CCCCOc1c(Cl)cc(C(=O)Nc2nnc(SCC(=O)OCC)s2)cc1OCC. The highest BCUT2D eigenvalue weighted by molar-refractivity contribution is 8.01. The molecule has 30 heavy (non-hydrogen) atoms. The standard InChI is InChI=1S/C19H24ClN3O5S2/c1-4-7-8-28-16-13(20)9-12(10-14(16)26-5-2)17(25)21-18-22-23-19(30-18)29-11-15(24)27-6-3/h9-10H,4-8,11H2,1-3H3,(H,21,22,25). The fourth-order valence-corrected chi connectivity index (χ4v) is 4.04. The van der Waals surface area contributed by atoms with E-state index in [4.69, 9.17) is 25.8 Å². The van der Waals surface area contributed by atoms with E-state index in [1.54, 1.807) is 13.0 Å². The normalized spacial score (nSPS) is 10.5. The lowest BCUT2D eigenvalue weighted by Gasteiger charge is -2.14. The summed E-state index contributed by atoms with van der Waals surface area (Å²) < 4.78 is 16.8. The molecule has 2 rings (SSSR count). The molecule has 1 N–H and O–H groups in total. The number of aromatic nitrogens is 2. The molecular weight excluding hydrogens is 450 g/mol. The van der Waals surface area contributed by atoms with Gasteiger partial charge in [-0.1, -0.05) is 48.0 Å². The topological polar surface area (TPSA) is 99.6 Å². The maximum absolute atomic E-state index is 12.6. The predicted octanol–water partition coefficient (Wildman–Crippen LogP) is 4.68. The number of hydrogen-bond donors (Lipinski definition) is 1. The minimum Gasteiger partial charge on any atom is -0.490 e. The summed E-state index contributed by atoms with van der Waals surface area (Å²) in [6.07, 6.45) is 1.88. The Morgan fingerprint density at radius 1 is 1.17 bits per heavy atom. The third-order valence-corrected chi connectivity index (χ3v) is 5.79. The monoisotopic (exact) mass is 473 g/mol. The minimum absolute atomic E-state index is 0.128. The van der Waals surface area contributed by atoms with Gasteiger partial charge in [-0.15, -0.1) is 10.2 Å². The van der Waals surface area contributed by atoms with Gasteiger partial charge in [0.25, 0.3) is 5.91 Å². The van der Waals surface area contributed by atoms with Crippen molar-refractivity contribution in [2.45, 2.75) is 38.0 Å². The van der Waals surface area contributed by atoms with E-state index in [2.05, 4.69) is 22.4 Å². The summed E-state index contributed by atoms with van der Waals surface area (Å²) in [7, 11) is 0. The fraction of sp³-hybridized carbons (Fsp3) is 0.474. The van der Waals surface area contributed by atoms with E-state index in [1.165, 1.54) is 17.8 Å². The van der Waals surface area contributed by atoms with Crippen LogP contribution in [0.25, 0.3) is 0 Å². The molecule has 0 unspecified atom stereocenters. The highest BCUT2D eigenvalue weighted by Gasteiger charge is 2.18. The maximum atomic E-state index is 12.6. The van der Waals surface area contributed by atoms with Gasteiger partial charge in [0.2, 0.25) is 5.13 Å². The van der Waals surface area contributed by atoms with E-state index in [1.807, 2.05) is 6.92 Å². The van der Waals surface area contributed by atoms with Gasteiger partial charge in [-0.3, -0.25) is 14.9 Å². The average Bonchev–Trinajstić information content (AvgIpc) is 3.16. The largest absolute Gasteiger partial charge is 0.490 e. The molecule has 1 aromatic heterocycles. The third-order valence-electron chi connectivity index (χ3n) is 3.56. The van der Waals surface area contributed by atoms with Gasteiger partial charge >= 0.3 is 5.97 Å². The summed E-state index contributed by atoms with van der Waals surface area (Å²) in [6.45, 7) is 6.89. The van der Waals surface area contributed by atoms with Gasteiger partial charge in [0.05, 0.1) is 30.6 Å². The minimum atomic E-state index is -0.406. The van der Waals surface area contributed by atoms with Crippen molar-refractivity contribution in [3.05, 3.63) is 22.7 Å². The summed E-state index contributed by atoms with van der Waals surface area (Å²) >= 11 is 8.70. The molecule has 0 saturated heterocycles. The van der Waals surface area contributed by atoms with Crippen LogP contribution in [-0.2, 0) is 9.53 Å². The highest BCUT2D eigenvalue weighted by atomic mass is 35.5. The first kappa shape index (κ1) is 24.2. The van der Waals surface area contributed by atoms with E-state index in [-0.39, 0.29) is 11.7 Å². The Kier molecular flexibility index (Phi) is 10.2. The predicted molar refractivity (Wildman–Crippen MR) is 118 cm³/mol. The molecule has 0 fully saturated rings. The smallest absolute Gasteiger partial charge is 0.316 e. The van der Waals surface area contributed by atoms with Crippen LogP contribution >= 0.6 is 34.7 Å². The second-order valence-electron chi connectivity index (χ2n) is 5.84. The Labute approximate surface area is 188 Å². The van der Waals surface area contributed by atoms with Gasteiger partial charge < -0.3 is 14.2 Å². The molecule has 0 saturated carbocycles. The zero-order chi connectivity index (χ0) is 21.9. The van der Waals surface area contributed by atoms with E-state index in [0.29, 0.717) is 51.4 Å². The van der Waals surface area contributed by atoms with Gasteiger partial charge in [-0.25, -0.2) is 0 Å². The number of benzene rings is 1. The van der Waals surface area contributed by atoms with Gasteiger partial charge in [-0.05, 0) is 32.4 Å². The Balaban J connectivity index is 2.06. The first-order chi connectivity index (χ1) is 14.5. The van der Waals surface area contributed by atoms with Crippen molar-refractivity contribution in [3.63, 3.8) is 0 Å². The highest BCUT2D eigenvalue weighted by Crippen LogP contribution is 2.37. The van der Waals surface area contributed by atoms with E-state index >= 15 is 0 Å². The molecule has 1 aromatic carbocycles. The number of thioether (sulfide) groups is 1. The molecule has 0 aliphatic carbocycles. The lowest BCUT2D eigenvalue weighted by molar-refractivity contribution is -0.139. The second-order valence-corrected chi connectivity index (χ2v) is 8.45. The Morgan fingerprint density at radius 2 is 1.97 bits per heavy atom. The molecular formula is C19H24ClN3O5S2. The van der Waals surface area contributed by atoms with E-state index in [9.17, 15) is 9.59 Å². The van der Waals surface area contributed by atoms with Gasteiger partial charge in [0.15, 0.2) is 15.8 Å². The Bertz CT molecular complexity index is 863. The zero-order valence-corrected chi connectivity index (χ0v) is 19.4. The van der Waals surface area contributed by atoms with Crippen LogP contribution in [0.5, 0.6) is 11.5 Å². The Morgan fingerprint density at radius 3 is 2.67 bits per heavy atom. The number of unbranched alkanes of at least 4 members (excludes halogenated alkanes) is 1. The number of carbonyl (C=O) groups is 2. The van der Waals surface area contributed by atoms with Crippen molar-refractivity contribution < 1.29 is 23.8 Å². The number of carbonyl (C=O) groups excluding carboxylic acids is 2. The lowest BCUT2D eigenvalue weighted by Crippen LogP contribution is -2.12. The zero-order valence-electron chi connectivity index (χ0n) is 17.0. The molecule has 164 valence electrons. The molecule has 8 nitrogen and oxygen atoms in total. The third kappa shape index (κ3) is 7.33. The molecule has 0 bridgehead atoms. The number of anilines is 1. The van der Waals surface area contributed by atoms with Gasteiger partial charge in [0, 0.05) is 5.56 Å². The average molecular weight is 474 g/mol. The number of hydrogen-bond acceptors (Lipinski definition) is 9. The second kappa shape index (κ2) is 12.6. The molecule has 1 heterocycles. The molecule has 0 radical (unpaired) electrons. The van der Waals surface area contributed by atoms with Gasteiger partial charge in [-0.2, -0.15) is 0 Å². The number of amides is 1. The van der Waals surface area contributed by atoms with E-state index in [0.717, 1.165) is 24.2 Å². The number of nitrogens with zero attached hydrogens (tertiary/aromatic N) is 2. The summed E-state index contributed by atoms with van der Waals surface area (Å²) in [4.78, 5) is 24.1. The van der Waals surface area contributed by atoms with Crippen LogP contribution in [0, 0.1) is 0 Å². The summed E-state index contributed by atoms with van der Waals surface area (Å²) in [5.41, 5.74) is 0.308. The molecule has 2 aromatic rings. The van der Waals surface area contributed by atoms with E-state index < -0.39 is 5.91 Å². The summed E-state index contributed by atoms with van der Waals surface area (Å²) in [5.74, 6) is 0.230. The van der Waals surface area contributed by atoms with Crippen LogP contribution in [-0.4, -0.2) is 47.6 Å². The molecule has 0 aliphatic rings. The van der Waals surface area contributed by atoms with Crippen LogP contribution in [0.4, 0.5) is 5.13 Å². The van der Waals surface area contributed by atoms with Crippen molar-refractivity contribution in [1.82, 2.24) is 10.2 Å². The molecule has 11 heteroatoms. The number of nitrogens with one attached hydrogen (secondary N) is 1. The van der Waals surface area contributed by atoms with Crippen molar-refractivity contribution in [1.29, 1.82) is 0 Å². The van der Waals surface area contributed by atoms with Crippen LogP contribution in [0.3, 0.4) is 0 Å². The molecule has 0 aliphatic heterocycles. The van der Waals surface area contributed by atoms with Crippen molar-refractivity contribution in [2.75, 3.05) is 30.9 Å². The number of ether oxygens (including phenoxy) is 3. The van der Waals surface area contributed by atoms with Crippen LogP contribution in [0.2, 0.25) is 5.02 Å². The molecule has 1 amide bonds. The lowest BCUT2D eigenvalue weighted by atomic mass is 10.2. The molecule has 0 spiro atoms. The number of rotatable bonds is 12. The van der Waals surface area contributed by atoms with Crippen molar-refractivity contribution in [2.24, 2.45) is 0 Å². The number of halogens is 1. The molecule has 0 atom stereocenters. The first-order valence-corrected chi connectivity index (χ1v) is 11.7. The maximum Gasteiger partial charge on any atom is 0.316 e. The van der Waals surface area contributed by atoms with Crippen LogP contribution in [0.1, 0.15) is 44.0 Å². The van der Waals surface area contributed by atoms with Gasteiger partial charge in [0.1, 0.15) is 0 Å². The van der Waals surface area contributed by atoms with Crippen molar-refractivity contribution >= 4 is 51.7 Å². The summed E-state index contributed by atoms with van der Waals surface area (Å²) in [6, 6.07) is 3.11. The van der Waals surface area contributed by atoms with Crippen LogP contribution in [0.15, 0.2) is 16.5 Å². The fourth-order valence-electron chi connectivity index (χ4n) is 2.23. The quantitative estimate of drug-likeness (QED) is 0.205. The number of esters is 1. The van der Waals surface area contributed by atoms with Crippen LogP contribution < -0.4 is 14.8 Å². The Hall–Kier alpha value is -2.04. The first-order valence-electron chi connectivity index (χ1n) is 9.50. The van der Waals surface area contributed by atoms with Crippen molar-refractivity contribution in [3.8, 4) is 11.5 Å². The summed E-state index contributed by atoms with van der Waals surface area (Å²) in [5, 5.41) is 11.2.